The topological polar surface area (TPSA) is 95.4 Å². The zero-order valence-corrected chi connectivity index (χ0v) is 13.6. The molecule has 1 aromatic heterocycles. The van der Waals surface area contributed by atoms with Crippen LogP contribution in [0.3, 0.4) is 0 Å². The van der Waals surface area contributed by atoms with Crippen LogP contribution in [0.25, 0.3) is 0 Å². The molecule has 0 aromatic carbocycles. The minimum atomic E-state index is -0.894. The molecule has 8 heteroatoms. The molecule has 0 bridgehead atoms. The summed E-state index contributed by atoms with van der Waals surface area (Å²) in [4.78, 5) is 14.4. The van der Waals surface area contributed by atoms with E-state index in [2.05, 4.69) is 25.6 Å². The number of hydrogen-bond acceptors (Lipinski definition) is 8. The normalized spacial score (nSPS) is 14.1. The van der Waals surface area contributed by atoms with Gasteiger partial charge in [0.25, 0.3) is 0 Å². The van der Waals surface area contributed by atoms with Crippen LogP contribution in [0.5, 0.6) is 6.01 Å². The molecule has 0 saturated heterocycles. The van der Waals surface area contributed by atoms with E-state index in [4.69, 9.17) is 4.74 Å². The van der Waals surface area contributed by atoms with Gasteiger partial charge in [0.1, 0.15) is 0 Å². The van der Waals surface area contributed by atoms with Gasteiger partial charge >= 0.3 is 6.01 Å². The average molecular weight is 298 g/mol. The van der Waals surface area contributed by atoms with Crippen molar-refractivity contribution in [3.63, 3.8) is 0 Å². The Kier molecular flexibility index (Phi) is 6.10. The van der Waals surface area contributed by atoms with Crippen LogP contribution < -0.4 is 15.4 Å². The fourth-order valence-corrected chi connectivity index (χ4v) is 1.82. The lowest BCUT2D eigenvalue weighted by Crippen LogP contribution is -2.43. The van der Waals surface area contributed by atoms with E-state index < -0.39 is 5.60 Å². The monoisotopic (exact) mass is 298 g/mol. The van der Waals surface area contributed by atoms with E-state index in [9.17, 15) is 5.11 Å². The first-order valence-corrected chi connectivity index (χ1v) is 6.93. The fraction of sp³-hybridized carbons (Fsp3) is 0.769. The van der Waals surface area contributed by atoms with Crippen molar-refractivity contribution in [1.29, 1.82) is 0 Å². The Morgan fingerprint density at radius 3 is 2.38 bits per heavy atom. The van der Waals surface area contributed by atoms with E-state index in [0.717, 1.165) is 0 Å². The van der Waals surface area contributed by atoms with Gasteiger partial charge < -0.3 is 25.4 Å². The number of rotatable bonds is 8. The Hall–Kier alpha value is -1.67. The second kappa shape index (κ2) is 7.37. The molecule has 0 fully saturated rings. The van der Waals surface area contributed by atoms with E-state index in [1.54, 1.807) is 14.0 Å². The molecule has 8 nitrogen and oxygen atoms in total. The minimum absolute atomic E-state index is 0.0261. The lowest BCUT2D eigenvalue weighted by molar-refractivity contribution is 0.0458. The molecular formula is C13H26N6O2. The average Bonchev–Trinajstić information content (AvgIpc) is 2.34. The maximum Gasteiger partial charge on any atom is 0.323 e. The van der Waals surface area contributed by atoms with Crippen LogP contribution in [0.1, 0.15) is 20.8 Å². The number of aromatic nitrogens is 3. The molecule has 1 unspecified atom stereocenters. The van der Waals surface area contributed by atoms with Crippen molar-refractivity contribution >= 4 is 11.9 Å². The number of aliphatic hydroxyl groups is 1. The minimum Gasteiger partial charge on any atom is -0.461 e. The van der Waals surface area contributed by atoms with Crippen molar-refractivity contribution in [2.75, 3.05) is 44.9 Å². The van der Waals surface area contributed by atoms with Gasteiger partial charge in [0, 0.05) is 20.1 Å². The van der Waals surface area contributed by atoms with Gasteiger partial charge in [-0.1, -0.05) is 0 Å². The standard InChI is InChI=1S/C13H26N6O2/c1-9(2)21-12-17-10(14-4)16-11(18-12)15-7-13(3,20)8-19(5)6/h9,20H,7-8H2,1-6H3,(H2,14,15,16,17,18). The number of anilines is 2. The van der Waals surface area contributed by atoms with E-state index in [1.165, 1.54) is 0 Å². The molecule has 1 heterocycles. The highest BCUT2D eigenvalue weighted by molar-refractivity contribution is 5.35. The SMILES string of the molecule is CNc1nc(NCC(C)(O)CN(C)C)nc(OC(C)C)n1. The van der Waals surface area contributed by atoms with Crippen molar-refractivity contribution in [2.45, 2.75) is 32.5 Å². The second-order valence-electron chi connectivity index (χ2n) is 5.77. The lowest BCUT2D eigenvalue weighted by Gasteiger charge is -2.27. The third-order valence-electron chi connectivity index (χ3n) is 2.46. The molecule has 21 heavy (non-hydrogen) atoms. The van der Waals surface area contributed by atoms with E-state index in [1.807, 2.05) is 32.8 Å². The van der Waals surface area contributed by atoms with Crippen molar-refractivity contribution in [2.24, 2.45) is 0 Å². The molecule has 1 aromatic rings. The van der Waals surface area contributed by atoms with Gasteiger partial charge in [0.05, 0.1) is 11.7 Å². The van der Waals surface area contributed by atoms with Crippen LogP contribution in [0.4, 0.5) is 11.9 Å². The van der Waals surface area contributed by atoms with E-state index in [-0.39, 0.29) is 12.1 Å². The summed E-state index contributed by atoms with van der Waals surface area (Å²) in [5.74, 6) is 0.777. The van der Waals surface area contributed by atoms with Gasteiger partial charge in [0.15, 0.2) is 0 Å². The summed E-state index contributed by atoms with van der Waals surface area (Å²) in [6.07, 6.45) is -0.0261. The van der Waals surface area contributed by atoms with Crippen LogP contribution in [-0.2, 0) is 0 Å². The molecule has 1 rings (SSSR count). The summed E-state index contributed by atoms with van der Waals surface area (Å²) in [6, 6.07) is 0.249. The predicted octanol–water partition coefficient (Wildman–Crippen LogP) is 0.425. The number of nitrogens with one attached hydrogen (secondary N) is 2. The first kappa shape index (κ1) is 17.4. The maximum absolute atomic E-state index is 10.3. The third kappa shape index (κ3) is 6.54. The van der Waals surface area contributed by atoms with Crippen LogP contribution in [0.2, 0.25) is 0 Å². The molecular weight excluding hydrogens is 272 g/mol. The van der Waals surface area contributed by atoms with Gasteiger partial charge in [-0.3, -0.25) is 0 Å². The molecule has 0 radical (unpaired) electrons. The Labute approximate surface area is 126 Å². The first-order chi connectivity index (χ1) is 9.71. The second-order valence-corrected chi connectivity index (χ2v) is 5.77. The highest BCUT2D eigenvalue weighted by atomic mass is 16.5. The van der Waals surface area contributed by atoms with Crippen LogP contribution in [0.15, 0.2) is 0 Å². The van der Waals surface area contributed by atoms with Gasteiger partial charge in [0.2, 0.25) is 11.9 Å². The van der Waals surface area contributed by atoms with Crippen molar-refractivity contribution in [3.8, 4) is 6.01 Å². The van der Waals surface area contributed by atoms with Gasteiger partial charge in [-0.25, -0.2) is 0 Å². The highest BCUT2D eigenvalue weighted by Gasteiger charge is 2.21. The fourth-order valence-electron chi connectivity index (χ4n) is 1.82. The predicted molar refractivity (Wildman–Crippen MR) is 82.8 cm³/mol. The molecule has 0 saturated carbocycles. The molecule has 0 aliphatic carbocycles. The molecule has 0 aliphatic rings. The number of ether oxygens (including phenoxy) is 1. The molecule has 120 valence electrons. The zero-order chi connectivity index (χ0) is 16.0. The molecule has 3 N–H and O–H groups in total. The smallest absolute Gasteiger partial charge is 0.323 e. The summed E-state index contributed by atoms with van der Waals surface area (Å²) in [6.45, 7) is 6.40. The van der Waals surface area contributed by atoms with Crippen molar-refractivity contribution in [3.05, 3.63) is 0 Å². The first-order valence-electron chi connectivity index (χ1n) is 6.93. The zero-order valence-electron chi connectivity index (χ0n) is 13.6. The summed E-state index contributed by atoms with van der Waals surface area (Å²) in [7, 11) is 5.54. The highest BCUT2D eigenvalue weighted by Crippen LogP contribution is 2.13. The molecule has 0 aliphatic heterocycles. The summed E-state index contributed by atoms with van der Waals surface area (Å²) >= 11 is 0. The molecule has 1 atom stereocenters. The largest absolute Gasteiger partial charge is 0.461 e. The van der Waals surface area contributed by atoms with Gasteiger partial charge in [-0.15, -0.1) is 0 Å². The third-order valence-corrected chi connectivity index (χ3v) is 2.46. The quantitative estimate of drug-likeness (QED) is 0.636. The Morgan fingerprint density at radius 1 is 1.24 bits per heavy atom. The summed E-state index contributed by atoms with van der Waals surface area (Å²) in [5, 5.41) is 16.1. The van der Waals surface area contributed by atoms with E-state index in [0.29, 0.717) is 25.0 Å². The van der Waals surface area contributed by atoms with Gasteiger partial charge in [-0.2, -0.15) is 15.0 Å². The van der Waals surface area contributed by atoms with Crippen LogP contribution in [0, 0.1) is 0 Å². The number of nitrogens with zero attached hydrogens (tertiary/aromatic N) is 4. The van der Waals surface area contributed by atoms with Crippen LogP contribution >= 0.6 is 0 Å². The summed E-state index contributed by atoms with van der Waals surface area (Å²) < 4.78 is 5.48. The Bertz CT molecular complexity index is 450. The summed E-state index contributed by atoms with van der Waals surface area (Å²) in [5.41, 5.74) is -0.894. The molecule has 0 amide bonds. The van der Waals surface area contributed by atoms with Crippen molar-refractivity contribution in [1.82, 2.24) is 19.9 Å². The molecule has 0 spiro atoms. The van der Waals surface area contributed by atoms with Crippen molar-refractivity contribution < 1.29 is 9.84 Å². The maximum atomic E-state index is 10.3. The number of hydrogen-bond donors (Lipinski definition) is 3. The Balaban J connectivity index is 2.78. The number of likely N-dealkylation sites (N-methyl/N-ethyl adjacent to an activating group) is 1. The van der Waals surface area contributed by atoms with Crippen LogP contribution in [-0.4, -0.2) is 70.9 Å². The van der Waals surface area contributed by atoms with Gasteiger partial charge in [-0.05, 0) is 34.9 Å². The van der Waals surface area contributed by atoms with E-state index >= 15 is 0 Å². The Morgan fingerprint density at radius 2 is 1.86 bits per heavy atom. The lowest BCUT2D eigenvalue weighted by atomic mass is 10.1.